The van der Waals surface area contributed by atoms with Gasteiger partial charge in [0.05, 0.1) is 18.3 Å². The highest BCUT2D eigenvalue weighted by atomic mass is 16.3. The van der Waals surface area contributed by atoms with Gasteiger partial charge in [0.2, 0.25) is 0 Å². The van der Waals surface area contributed by atoms with Crippen LogP contribution in [0.15, 0.2) is 30.3 Å². The second-order valence-electron chi connectivity index (χ2n) is 5.93. The van der Waals surface area contributed by atoms with Crippen molar-refractivity contribution in [1.29, 1.82) is 0 Å². The van der Waals surface area contributed by atoms with E-state index in [1.807, 2.05) is 30.3 Å². The van der Waals surface area contributed by atoms with Crippen molar-refractivity contribution in [2.24, 2.45) is 0 Å². The van der Waals surface area contributed by atoms with E-state index in [-0.39, 0.29) is 12.1 Å². The number of hydrogen-bond donors (Lipinski definition) is 4. The highest BCUT2D eigenvalue weighted by Crippen LogP contribution is 2.13. The summed E-state index contributed by atoms with van der Waals surface area (Å²) in [5.74, 6) is 0. The molecule has 1 aliphatic heterocycles. The molecule has 5 nitrogen and oxygen atoms in total. The van der Waals surface area contributed by atoms with Crippen LogP contribution < -0.4 is 5.32 Å². The maximum atomic E-state index is 10.1. The summed E-state index contributed by atoms with van der Waals surface area (Å²) in [7, 11) is 0. The fourth-order valence-electron chi connectivity index (χ4n) is 2.68. The molecular weight excluding hydrogens is 268 g/mol. The van der Waals surface area contributed by atoms with Gasteiger partial charge >= 0.3 is 0 Å². The maximum Gasteiger partial charge on any atom is 0.0976 e. The van der Waals surface area contributed by atoms with E-state index in [4.69, 9.17) is 0 Å². The quantitative estimate of drug-likeness (QED) is 0.592. The van der Waals surface area contributed by atoms with Crippen LogP contribution in [0.25, 0.3) is 0 Å². The van der Waals surface area contributed by atoms with Crippen LogP contribution in [0.2, 0.25) is 0 Å². The van der Waals surface area contributed by atoms with Crippen molar-refractivity contribution in [2.75, 3.05) is 19.6 Å². The third kappa shape index (κ3) is 5.05. The second-order valence-corrected chi connectivity index (χ2v) is 5.93. The van der Waals surface area contributed by atoms with Gasteiger partial charge in [0.15, 0.2) is 0 Å². The zero-order valence-corrected chi connectivity index (χ0v) is 12.5. The van der Waals surface area contributed by atoms with Crippen LogP contribution in [0, 0.1) is 0 Å². The van der Waals surface area contributed by atoms with Crippen molar-refractivity contribution in [3.63, 3.8) is 0 Å². The Morgan fingerprint density at radius 1 is 1.24 bits per heavy atom. The first-order valence-electron chi connectivity index (χ1n) is 7.60. The number of piperidine rings is 1. The molecule has 21 heavy (non-hydrogen) atoms. The zero-order valence-electron chi connectivity index (χ0n) is 12.5. The van der Waals surface area contributed by atoms with Crippen molar-refractivity contribution in [3.05, 3.63) is 35.9 Å². The predicted molar refractivity (Wildman–Crippen MR) is 81.8 cm³/mol. The molecule has 1 saturated heterocycles. The molecule has 2 rings (SSSR count). The first-order chi connectivity index (χ1) is 10.1. The maximum absolute atomic E-state index is 10.1. The molecule has 1 heterocycles. The minimum absolute atomic E-state index is 0.164. The number of β-amino-alcohol motifs (C(OH)–C–C–N with tert-alkyl or cyclic N) is 1. The van der Waals surface area contributed by atoms with E-state index >= 15 is 0 Å². The van der Waals surface area contributed by atoms with Gasteiger partial charge < -0.3 is 20.6 Å². The molecule has 1 aromatic rings. The van der Waals surface area contributed by atoms with Crippen LogP contribution in [-0.2, 0) is 6.54 Å². The number of rotatable bonds is 6. The normalized spacial score (nSPS) is 28.5. The molecule has 0 amide bonds. The fraction of sp³-hybridized carbons (Fsp3) is 0.625. The van der Waals surface area contributed by atoms with E-state index in [0.29, 0.717) is 26.1 Å². The Hall–Kier alpha value is -0.980. The molecule has 0 unspecified atom stereocenters. The van der Waals surface area contributed by atoms with Crippen molar-refractivity contribution in [1.82, 2.24) is 10.2 Å². The van der Waals surface area contributed by atoms with Gasteiger partial charge in [0.25, 0.3) is 0 Å². The third-order valence-corrected chi connectivity index (χ3v) is 3.98. The van der Waals surface area contributed by atoms with Gasteiger partial charge in [-0.05, 0) is 18.9 Å². The van der Waals surface area contributed by atoms with E-state index in [1.54, 1.807) is 6.92 Å². The molecule has 1 fully saturated rings. The van der Waals surface area contributed by atoms with Crippen LogP contribution in [0.1, 0.15) is 18.9 Å². The summed E-state index contributed by atoms with van der Waals surface area (Å²) >= 11 is 0. The summed E-state index contributed by atoms with van der Waals surface area (Å²) in [6.45, 7) is 4.29. The van der Waals surface area contributed by atoms with Crippen LogP contribution in [0.5, 0.6) is 0 Å². The molecule has 5 heteroatoms. The molecule has 0 saturated carbocycles. The first kappa shape index (κ1) is 16.4. The lowest BCUT2D eigenvalue weighted by atomic mass is 9.98. The largest absolute Gasteiger partial charge is 0.393 e. The summed E-state index contributed by atoms with van der Waals surface area (Å²) in [6.07, 6.45) is -1.17. The van der Waals surface area contributed by atoms with Gasteiger partial charge in [-0.2, -0.15) is 0 Å². The van der Waals surface area contributed by atoms with Gasteiger partial charge in [-0.1, -0.05) is 30.3 Å². The first-order valence-corrected chi connectivity index (χ1v) is 7.60. The number of hydrogen-bond acceptors (Lipinski definition) is 5. The minimum atomic E-state index is -0.753. The lowest BCUT2D eigenvalue weighted by Gasteiger charge is -2.40. The van der Waals surface area contributed by atoms with Gasteiger partial charge in [-0.3, -0.25) is 4.90 Å². The summed E-state index contributed by atoms with van der Waals surface area (Å²) in [5.41, 5.74) is 1.15. The number of aliphatic hydroxyl groups excluding tert-OH is 3. The Morgan fingerprint density at radius 2 is 1.95 bits per heavy atom. The smallest absolute Gasteiger partial charge is 0.0976 e. The number of nitrogens with one attached hydrogen (secondary N) is 1. The van der Waals surface area contributed by atoms with E-state index in [0.717, 1.165) is 12.1 Å². The molecule has 1 aliphatic rings. The monoisotopic (exact) mass is 294 g/mol. The van der Waals surface area contributed by atoms with Gasteiger partial charge in [-0.15, -0.1) is 0 Å². The van der Waals surface area contributed by atoms with Crippen molar-refractivity contribution in [2.45, 2.75) is 44.2 Å². The van der Waals surface area contributed by atoms with Crippen LogP contribution in [-0.4, -0.2) is 64.2 Å². The SMILES string of the molecule is C[C@@H](O)CCN1C[C@@H](O)[C@H](O)[C@@H](NCc2ccccc2)C1. The standard InChI is InChI=1S/C16H26N2O3/c1-12(19)7-8-18-10-14(16(21)15(20)11-18)17-9-13-5-3-2-4-6-13/h2-6,12,14-17,19-21H,7-11H2,1H3/t12-,14+,15-,16-/m1/s1. The molecule has 0 bridgehead atoms. The number of likely N-dealkylation sites (tertiary alicyclic amines) is 1. The number of nitrogens with zero attached hydrogens (tertiary/aromatic N) is 1. The molecule has 118 valence electrons. The molecule has 1 aromatic carbocycles. The van der Waals surface area contributed by atoms with Crippen LogP contribution in [0.4, 0.5) is 0 Å². The summed E-state index contributed by atoms with van der Waals surface area (Å²) in [4.78, 5) is 2.09. The molecule has 0 radical (unpaired) electrons. The van der Waals surface area contributed by atoms with Gasteiger partial charge in [0.1, 0.15) is 0 Å². The summed E-state index contributed by atoms with van der Waals surface area (Å²) in [5, 5.41) is 32.8. The molecule has 0 spiro atoms. The zero-order chi connectivity index (χ0) is 15.2. The van der Waals surface area contributed by atoms with E-state index in [1.165, 1.54) is 0 Å². The van der Waals surface area contributed by atoms with E-state index < -0.39 is 12.2 Å². The minimum Gasteiger partial charge on any atom is -0.393 e. The van der Waals surface area contributed by atoms with Gasteiger partial charge in [-0.25, -0.2) is 0 Å². The predicted octanol–water partition coefficient (Wildman–Crippen LogP) is -0.0469. The Balaban J connectivity index is 1.87. The Bertz CT molecular complexity index is 413. The molecule has 4 atom stereocenters. The Morgan fingerprint density at radius 3 is 2.62 bits per heavy atom. The van der Waals surface area contributed by atoms with E-state index in [9.17, 15) is 15.3 Å². The van der Waals surface area contributed by atoms with Crippen molar-refractivity contribution in [3.8, 4) is 0 Å². The van der Waals surface area contributed by atoms with Crippen LogP contribution >= 0.6 is 0 Å². The van der Waals surface area contributed by atoms with Gasteiger partial charge in [0, 0.05) is 32.2 Å². The Kier molecular flexibility index (Phi) is 6.14. The topological polar surface area (TPSA) is 76.0 Å². The second kappa shape index (κ2) is 7.87. The molecule has 4 N–H and O–H groups in total. The highest BCUT2D eigenvalue weighted by molar-refractivity contribution is 5.14. The average Bonchev–Trinajstić information content (AvgIpc) is 2.48. The summed E-state index contributed by atoms with van der Waals surface area (Å²) in [6, 6.07) is 9.84. The highest BCUT2D eigenvalue weighted by Gasteiger charge is 2.34. The lowest BCUT2D eigenvalue weighted by Crippen LogP contribution is -2.60. The molecular formula is C16H26N2O3. The van der Waals surface area contributed by atoms with Crippen LogP contribution in [0.3, 0.4) is 0 Å². The number of aliphatic hydroxyl groups is 3. The van der Waals surface area contributed by atoms with Crippen molar-refractivity contribution < 1.29 is 15.3 Å². The number of benzene rings is 1. The average molecular weight is 294 g/mol. The Labute approximate surface area is 126 Å². The lowest BCUT2D eigenvalue weighted by molar-refractivity contribution is -0.0604. The summed E-state index contributed by atoms with van der Waals surface area (Å²) < 4.78 is 0. The molecule has 0 aliphatic carbocycles. The molecule has 0 aromatic heterocycles. The van der Waals surface area contributed by atoms with E-state index in [2.05, 4.69) is 10.2 Å². The third-order valence-electron chi connectivity index (χ3n) is 3.98. The fourth-order valence-corrected chi connectivity index (χ4v) is 2.68. The van der Waals surface area contributed by atoms with Crippen molar-refractivity contribution >= 4 is 0 Å².